The van der Waals surface area contributed by atoms with Gasteiger partial charge in [0.15, 0.2) is 0 Å². The lowest BCUT2D eigenvalue weighted by Crippen LogP contribution is -2.02. The summed E-state index contributed by atoms with van der Waals surface area (Å²) in [6.45, 7) is 0.313. The molecule has 3 aromatic rings. The summed E-state index contributed by atoms with van der Waals surface area (Å²) in [5.41, 5.74) is 0.997. The number of rotatable bonds is 3. The van der Waals surface area contributed by atoms with E-state index >= 15 is 0 Å². The van der Waals surface area contributed by atoms with Crippen LogP contribution in [0, 0.1) is 0 Å². The lowest BCUT2D eigenvalue weighted by Gasteiger charge is -2.02. The normalized spacial score (nSPS) is 10.5. The van der Waals surface area contributed by atoms with Gasteiger partial charge in [0.25, 0.3) is 0 Å². The second-order valence-corrected chi connectivity index (χ2v) is 5.29. The van der Waals surface area contributed by atoms with Crippen molar-refractivity contribution >= 4 is 27.4 Å². The van der Waals surface area contributed by atoms with Crippen LogP contribution in [0.5, 0.6) is 0 Å². The Morgan fingerprint density at radius 1 is 1.00 bits per heavy atom. The minimum atomic E-state index is -0.259. The fourth-order valence-electron chi connectivity index (χ4n) is 1.88. The number of ether oxygens (including phenoxy) is 1. The summed E-state index contributed by atoms with van der Waals surface area (Å²) in [4.78, 5) is 12.6. The van der Waals surface area contributed by atoms with E-state index in [1.54, 1.807) is 0 Å². The first-order valence-electron chi connectivity index (χ1n) is 6.02. The van der Waals surface area contributed by atoms with Crippen molar-refractivity contribution in [2.75, 3.05) is 0 Å². The fraction of sp³-hybridized carbons (Fsp3) is 0.0625. The number of hydrogen-bond donors (Lipinski definition) is 0. The summed E-state index contributed by atoms with van der Waals surface area (Å²) in [5, 5.41) is 1.08. The molecule has 0 fully saturated rings. The maximum absolute atomic E-state index is 12.0. The fourth-order valence-corrected chi connectivity index (χ4v) is 2.83. The second-order valence-electron chi connectivity index (χ2n) is 4.21. The molecule has 1 aromatic heterocycles. The third-order valence-electron chi connectivity index (χ3n) is 2.84. The highest BCUT2D eigenvalue weighted by molar-refractivity contribution is 7.20. The molecule has 0 saturated heterocycles. The quantitative estimate of drug-likeness (QED) is 0.663. The number of hydrogen-bond acceptors (Lipinski definition) is 3. The van der Waals surface area contributed by atoms with Crippen LogP contribution < -0.4 is 0 Å². The Morgan fingerprint density at radius 3 is 2.53 bits per heavy atom. The zero-order valence-electron chi connectivity index (χ0n) is 10.2. The Hall–Kier alpha value is -2.13. The van der Waals surface area contributed by atoms with E-state index in [0.29, 0.717) is 11.5 Å². The predicted molar refractivity (Wildman–Crippen MR) is 77.4 cm³/mol. The van der Waals surface area contributed by atoms with Gasteiger partial charge in [0.2, 0.25) is 0 Å². The van der Waals surface area contributed by atoms with Crippen molar-refractivity contribution in [3.8, 4) is 0 Å². The van der Waals surface area contributed by atoms with Gasteiger partial charge in [-0.3, -0.25) is 0 Å². The lowest BCUT2D eigenvalue weighted by atomic mass is 10.2. The van der Waals surface area contributed by atoms with Gasteiger partial charge in [-0.1, -0.05) is 48.5 Å². The highest BCUT2D eigenvalue weighted by Gasteiger charge is 2.11. The summed E-state index contributed by atoms with van der Waals surface area (Å²) in [6.07, 6.45) is 0. The van der Waals surface area contributed by atoms with Crippen molar-refractivity contribution in [3.05, 3.63) is 71.1 Å². The van der Waals surface area contributed by atoms with E-state index in [-0.39, 0.29) is 5.97 Å². The van der Waals surface area contributed by atoms with Crippen LogP contribution in [0.15, 0.2) is 60.7 Å². The number of thiophene rings is 1. The topological polar surface area (TPSA) is 26.3 Å². The number of esters is 1. The largest absolute Gasteiger partial charge is 0.457 e. The van der Waals surface area contributed by atoms with Crippen molar-refractivity contribution in [2.24, 2.45) is 0 Å². The first-order chi connectivity index (χ1) is 9.33. The van der Waals surface area contributed by atoms with E-state index in [2.05, 4.69) is 0 Å². The zero-order chi connectivity index (χ0) is 13.1. The van der Waals surface area contributed by atoms with Gasteiger partial charge in [0.1, 0.15) is 11.5 Å². The van der Waals surface area contributed by atoms with Gasteiger partial charge in [0.05, 0.1) is 0 Å². The molecule has 2 nitrogen and oxygen atoms in total. The molecule has 0 radical (unpaired) electrons. The van der Waals surface area contributed by atoms with E-state index in [1.165, 1.54) is 11.3 Å². The monoisotopic (exact) mass is 268 g/mol. The maximum atomic E-state index is 12.0. The first-order valence-corrected chi connectivity index (χ1v) is 6.84. The van der Waals surface area contributed by atoms with Crippen LogP contribution in [-0.2, 0) is 11.3 Å². The minimum absolute atomic E-state index is 0.259. The summed E-state index contributed by atoms with van der Waals surface area (Å²) in [6, 6.07) is 19.5. The number of carbonyl (C=O) groups is 1. The molecule has 2 aromatic carbocycles. The Bertz CT molecular complexity index is 668. The minimum Gasteiger partial charge on any atom is -0.457 e. The molecule has 3 rings (SSSR count). The molecular formula is C16H12O2S. The van der Waals surface area contributed by atoms with Crippen LogP contribution in [0.2, 0.25) is 0 Å². The molecule has 0 bridgehead atoms. The lowest BCUT2D eigenvalue weighted by molar-refractivity contribution is 0.0478. The average molecular weight is 268 g/mol. The molecule has 0 aliphatic rings. The number of benzene rings is 2. The zero-order valence-corrected chi connectivity index (χ0v) is 11.0. The van der Waals surface area contributed by atoms with Crippen LogP contribution in [0.25, 0.3) is 10.1 Å². The van der Waals surface area contributed by atoms with Gasteiger partial charge < -0.3 is 4.74 Å². The van der Waals surface area contributed by atoms with Crippen molar-refractivity contribution in [2.45, 2.75) is 6.61 Å². The van der Waals surface area contributed by atoms with Crippen molar-refractivity contribution in [1.29, 1.82) is 0 Å². The Kier molecular flexibility index (Phi) is 3.29. The molecule has 0 unspecified atom stereocenters. The molecular weight excluding hydrogens is 256 g/mol. The average Bonchev–Trinajstić information content (AvgIpc) is 2.90. The smallest absolute Gasteiger partial charge is 0.348 e. The molecule has 0 saturated carbocycles. The molecule has 0 aliphatic heterocycles. The van der Waals surface area contributed by atoms with Gasteiger partial charge >= 0.3 is 5.97 Å². The van der Waals surface area contributed by atoms with Crippen LogP contribution in [-0.4, -0.2) is 5.97 Å². The number of carbonyl (C=O) groups excluding carboxylic acids is 1. The molecule has 3 heteroatoms. The SMILES string of the molecule is O=C(OCc1ccccc1)c1cc2ccccc2s1. The highest BCUT2D eigenvalue weighted by Crippen LogP contribution is 2.25. The standard InChI is InChI=1S/C16H12O2S/c17-16(18-11-12-6-2-1-3-7-12)15-10-13-8-4-5-9-14(13)19-15/h1-10H,11H2. The molecule has 0 amide bonds. The van der Waals surface area contributed by atoms with Gasteiger partial charge in [-0.05, 0) is 23.1 Å². The summed E-state index contributed by atoms with van der Waals surface area (Å²) in [7, 11) is 0. The van der Waals surface area contributed by atoms with Crippen LogP contribution in [0.4, 0.5) is 0 Å². The Labute approximate surface area is 115 Å². The predicted octanol–water partition coefficient (Wildman–Crippen LogP) is 4.26. The summed E-state index contributed by atoms with van der Waals surface area (Å²) >= 11 is 1.47. The van der Waals surface area contributed by atoms with Crippen LogP contribution >= 0.6 is 11.3 Å². The second kappa shape index (κ2) is 5.24. The van der Waals surface area contributed by atoms with Crippen molar-refractivity contribution < 1.29 is 9.53 Å². The van der Waals surface area contributed by atoms with E-state index in [4.69, 9.17) is 4.74 Å². The summed E-state index contributed by atoms with van der Waals surface area (Å²) < 4.78 is 6.42. The van der Waals surface area contributed by atoms with Crippen LogP contribution in [0.3, 0.4) is 0 Å². The van der Waals surface area contributed by atoms with Crippen molar-refractivity contribution in [3.63, 3.8) is 0 Å². The van der Waals surface area contributed by atoms with E-state index in [9.17, 15) is 4.79 Å². The maximum Gasteiger partial charge on any atom is 0.348 e. The molecule has 1 heterocycles. The Morgan fingerprint density at radius 2 is 1.74 bits per heavy atom. The van der Waals surface area contributed by atoms with E-state index in [0.717, 1.165) is 15.6 Å². The summed E-state index contributed by atoms with van der Waals surface area (Å²) in [5.74, 6) is -0.259. The molecule has 19 heavy (non-hydrogen) atoms. The molecule has 0 spiro atoms. The van der Waals surface area contributed by atoms with Crippen LogP contribution in [0.1, 0.15) is 15.2 Å². The third-order valence-corrected chi connectivity index (χ3v) is 3.94. The van der Waals surface area contributed by atoms with E-state index < -0.39 is 0 Å². The van der Waals surface area contributed by atoms with Gasteiger partial charge in [-0.25, -0.2) is 4.79 Å². The van der Waals surface area contributed by atoms with E-state index in [1.807, 2.05) is 60.7 Å². The third kappa shape index (κ3) is 2.66. The Balaban J connectivity index is 1.73. The number of fused-ring (bicyclic) bond motifs is 1. The van der Waals surface area contributed by atoms with Gasteiger partial charge in [-0.15, -0.1) is 11.3 Å². The highest BCUT2D eigenvalue weighted by atomic mass is 32.1. The molecule has 0 aliphatic carbocycles. The van der Waals surface area contributed by atoms with Crippen molar-refractivity contribution in [1.82, 2.24) is 0 Å². The van der Waals surface area contributed by atoms with Gasteiger partial charge in [-0.2, -0.15) is 0 Å². The van der Waals surface area contributed by atoms with Gasteiger partial charge in [0, 0.05) is 4.70 Å². The first kappa shape index (κ1) is 11.9. The molecule has 94 valence electrons. The molecule has 0 N–H and O–H groups in total. The molecule has 0 atom stereocenters.